The van der Waals surface area contributed by atoms with Crippen molar-refractivity contribution in [2.75, 3.05) is 30.1 Å². The fourth-order valence-corrected chi connectivity index (χ4v) is 6.29. The molecule has 35 heavy (non-hydrogen) atoms. The third kappa shape index (κ3) is 4.96. The topological polar surface area (TPSA) is 219 Å². The van der Waals surface area contributed by atoms with E-state index in [0.29, 0.717) is 5.57 Å². The van der Waals surface area contributed by atoms with Crippen LogP contribution in [0.15, 0.2) is 37.8 Å². The Bertz CT molecular complexity index is 1320. The molecule has 0 aliphatic carbocycles. The van der Waals surface area contributed by atoms with Crippen LogP contribution in [0.5, 0.6) is 0 Å². The van der Waals surface area contributed by atoms with Crippen LogP contribution >= 0.6 is 34.9 Å². The van der Waals surface area contributed by atoms with E-state index in [4.69, 9.17) is 16.3 Å². The maximum Gasteiger partial charge on any atom is 0.352 e. The number of amides is 2. The van der Waals surface area contributed by atoms with Crippen LogP contribution in [0.2, 0.25) is 0 Å². The summed E-state index contributed by atoms with van der Waals surface area (Å²) in [6, 6.07) is 0.160. The van der Waals surface area contributed by atoms with Crippen LogP contribution in [-0.2, 0) is 19.2 Å². The predicted octanol–water partition coefficient (Wildman–Crippen LogP) is -0.728. The SMILES string of the molecule is CO/N=C(\C(=O)N[C@@H]1C(=O)N2C(C(=O)O)=C(CSc3nc(N)cc(=O)[nH]3)CS[C@H]12)c1csc(N)n1. The molecule has 4 heterocycles. The van der Waals surface area contributed by atoms with Crippen molar-refractivity contribution >= 4 is 69.3 Å². The molecule has 2 aliphatic rings. The Morgan fingerprint density at radius 2 is 2.17 bits per heavy atom. The number of thiazole rings is 1. The minimum absolute atomic E-state index is 0.0370. The van der Waals surface area contributed by atoms with Crippen LogP contribution in [0.4, 0.5) is 10.9 Å². The Labute approximate surface area is 209 Å². The number of carboxylic acids is 1. The summed E-state index contributed by atoms with van der Waals surface area (Å²) in [5, 5.41) is 17.4. The minimum Gasteiger partial charge on any atom is -0.477 e. The normalized spacial score (nSPS) is 19.7. The molecule has 7 N–H and O–H groups in total. The summed E-state index contributed by atoms with van der Waals surface area (Å²) in [4.78, 5) is 65.7. The average molecular weight is 539 g/mol. The van der Waals surface area contributed by atoms with Gasteiger partial charge in [-0.15, -0.1) is 23.1 Å². The molecule has 0 spiro atoms. The summed E-state index contributed by atoms with van der Waals surface area (Å²) in [5.41, 5.74) is 11.1. The van der Waals surface area contributed by atoms with Crippen molar-refractivity contribution in [1.82, 2.24) is 25.2 Å². The summed E-state index contributed by atoms with van der Waals surface area (Å²) < 4.78 is 0. The summed E-state index contributed by atoms with van der Waals surface area (Å²) >= 11 is 3.50. The number of thioether (sulfide) groups is 2. The Hall–Kier alpha value is -3.57. The first-order chi connectivity index (χ1) is 16.7. The second-order valence-electron chi connectivity index (χ2n) is 7.08. The summed E-state index contributed by atoms with van der Waals surface area (Å²) in [7, 11) is 1.26. The second kappa shape index (κ2) is 9.96. The van der Waals surface area contributed by atoms with E-state index in [1.165, 1.54) is 24.3 Å². The van der Waals surface area contributed by atoms with Gasteiger partial charge in [0.1, 0.15) is 35.7 Å². The number of nitrogen functional groups attached to an aromatic ring is 2. The molecule has 2 aliphatic heterocycles. The van der Waals surface area contributed by atoms with E-state index in [1.54, 1.807) is 0 Å². The number of hydrogen-bond donors (Lipinski definition) is 5. The second-order valence-corrected chi connectivity index (χ2v) is 10.0. The first kappa shape index (κ1) is 24.6. The number of nitrogens with zero attached hydrogens (tertiary/aromatic N) is 4. The average Bonchev–Trinajstić information content (AvgIpc) is 3.23. The van der Waals surface area contributed by atoms with Crippen molar-refractivity contribution in [3.63, 3.8) is 0 Å². The first-order valence-corrected chi connectivity index (χ1v) is 12.6. The monoisotopic (exact) mass is 538 g/mol. The molecule has 0 bridgehead atoms. The highest BCUT2D eigenvalue weighted by Gasteiger charge is 2.54. The quantitative estimate of drug-likeness (QED) is 0.0923. The van der Waals surface area contributed by atoms with Crippen LogP contribution in [0.1, 0.15) is 5.69 Å². The number of nitrogens with one attached hydrogen (secondary N) is 2. The van der Waals surface area contributed by atoms with Crippen molar-refractivity contribution in [3.8, 4) is 0 Å². The molecule has 0 unspecified atom stereocenters. The van der Waals surface area contributed by atoms with E-state index in [9.17, 15) is 24.3 Å². The number of fused-ring (bicyclic) bond motifs is 1. The van der Waals surface area contributed by atoms with Gasteiger partial charge in [0.15, 0.2) is 16.0 Å². The lowest BCUT2D eigenvalue weighted by Gasteiger charge is -2.49. The van der Waals surface area contributed by atoms with Crippen molar-refractivity contribution in [3.05, 3.63) is 38.8 Å². The number of anilines is 2. The molecule has 1 fully saturated rings. The van der Waals surface area contributed by atoms with Crippen LogP contribution in [-0.4, -0.2) is 78.5 Å². The molecule has 14 nitrogen and oxygen atoms in total. The van der Waals surface area contributed by atoms with Crippen LogP contribution in [0.25, 0.3) is 0 Å². The Morgan fingerprint density at radius 1 is 1.40 bits per heavy atom. The molecular weight excluding hydrogens is 520 g/mol. The van der Waals surface area contributed by atoms with Gasteiger partial charge in [0.2, 0.25) is 0 Å². The van der Waals surface area contributed by atoms with E-state index in [1.807, 2.05) is 0 Å². The zero-order valence-corrected chi connectivity index (χ0v) is 20.3. The molecule has 1 saturated heterocycles. The maximum absolute atomic E-state index is 12.9. The molecule has 2 atom stereocenters. The predicted molar refractivity (Wildman–Crippen MR) is 130 cm³/mol. The van der Waals surface area contributed by atoms with Crippen LogP contribution in [0.3, 0.4) is 0 Å². The van der Waals surface area contributed by atoms with Crippen molar-refractivity contribution in [2.24, 2.45) is 5.16 Å². The molecule has 0 radical (unpaired) electrons. The number of aliphatic carboxylic acids is 1. The number of aromatic amines is 1. The highest BCUT2D eigenvalue weighted by molar-refractivity contribution is 8.01. The number of aromatic nitrogens is 3. The Balaban J connectivity index is 1.50. The van der Waals surface area contributed by atoms with Gasteiger partial charge in [-0.3, -0.25) is 19.3 Å². The molecule has 2 amide bonds. The molecule has 17 heteroatoms. The number of carbonyl (C=O) groups is 3. The maximum atomic E-state index is 12.9. The van der Waals surface area contributed by atoms with Gasteiger partial charge >= 0.3 is 5.97 Å². The van der Waals surface area contributed by atoms with E-state index < -0.39 is 34.8 Å². The van der Waals surface area contributed by atoms with Crippen molar-refractivity contribution in [1.29, 1.82) is 0 Å². The number of β-lactam (4-membered cyclic amide) rings is 1. The van der Waals surface area contributed by atoms with Gasteiger partial charge in [0.05, 0.1) is 0 Å². The fourth-order valence-electron chi connectivity index (χ4n) is 3.37. The van der Waals surface area contributed by atoms with Gasteiger partial charge in [-0.05, 0) is 5.57 Å². The number of rotatable bonds is 8. The zero-order valence-electron chi connectivity index (χ0n) is 17.9. The van der Waals surface area contributed by atoms with Crippen molar-refractivity contribution in [2.45, 2.75) is 16.6 Å². The number of carbonyl (C=O) groups excluding carboxylic acids is 2. The molecule has 4 rings (SSSR count). The van der Waals surface area contributed by atoms with Crippen LogP contribution in [0, 0.1) is 0 Å². The van der Waals surface area contributed by atoms with Crippen LogP contribution < -0.4 is 22.3 Å². The third-order valence-corrected chi connectivity index (χ3v) is 7.79. The van der Waals surface area contributed by atoms with Gasteiger partial charge in [0.25, 0.3) is 17.4 Å². The van der Waals surface area contributed by atoms with Crippen molar-refractivity contribution < 1.29 is 24.3 Å². The number of hydrogen-bond acceptors (Lipinski definition) is 13. The molecular formula is C18H18N8O6S3. The number of oxime groups is 1. The van der Waals surface area contributed by atoms with Gasteiger partial charge in [0, 0.05) is 23.0 Å². The van der Waals surface area contributed by atoms with Gasteiger partial charge in [-0.1, -0.05) is 16.9 Å². The standard InChI is InChI=1S/C18H18N8O6S3/c1-32-25-10(7-5-34-17(20)21-7)13(28)24-11-14(29)26-12(16(30)31)6(3-33-15(11)26)4-35-18-22-8(19)2-9(27)23-18/h2,5,11,15H,3-4H2,1H3,(H2,20,21)(H,24,28)(H,30,31)(H3,19,22,23,27)/b25-10-/t11-,15-/m1/s1. The molecule has 0 aromatic carbocycles. The fraction of sp³-hybridized carbons (Fsp3) is 0.278. The Morgan fingerprint density at radius 3 is 2.80 bits per heavy atom. The molecule has 2 aromatic rings. The van der Waals surface area contributed by atoms with Gasteiger partial charge < -0.3 is 31.7 Å². The van der Waals surface area contributed by atoms with Gasteiger partial charge in [-0.25, -0.2) is 14.8 Å². The molecule has 0 saturated carbocycles. The van der Waals surface area contributed by atoms with Gasteiger partial charge in [-0.2, -0.15) is 0 Å². The zero-order chi connectivity index (χ0) is 25.3. The highest BCUT2D eigenvalue weighted by Crippen LogP contribution is 2.41. The number of nitrogens with two attached hydrogens (primary N) is 2. The lowest BCUT2D eigenvalue weighted by atomic mass is 10.0. The first-order valence-electron chi connectivity index (χ1n) is 9.72. The highest BCUT2D eigenvalue weighted by atomic mass is 32.2. The van der Waals surface area contributed by atoms with E-state index in [-0.39, 0.29) is 44.7 Å². The summed E-state index contributed by atoms with van der Waals surface area (Å²) in [6.45, 7) is 0. The number of carboxylic acid groups (broad SMARTS) is 1. The lowest BCUT2D eigenvalue weighted by molar-refractivity contribution is -0.150. The van der Waals surface area contributed by atoms with E-state index in [0.717, 1.165) is 34.1 Å². The van der Waals surface area contributed by atoms with E-state index >= 15 is 0 Å². The largest absolute Gasteiger partial charge is 0.477 e. The third-order valence-electron chi connectivity index (χ3n) is 4.82. The minimum atomic E-state index is -1.28. The number of H-pyrrole nitrogens is 1. The smallest absolute Gasteiger partial charge is 0.352 e. The summed E-state index contributed by atoms with van der Waals surface area (Å²) in [6.07, 6.45) is 0. The molecule has 2 aromatic heterocycles. The van der Waals surface area contributed by atoms with E-state index in [2.05, 4.69) is 25.4 Å². The Kier molecular flexibility index (Phi) is 6.99. The summed E-state index contributed by atoms with van der Waals surface area (Å²) in [5.74, 6) is -2.10. The molecule has 184 valence electrons. The lowest BCUT2D eigenvalue weighted by Crippen LogP contribution is -2.71.